The van der Waals surface area contributed by atoms with E-state index in [0.717, 1.165) is 59.6 Å². The highest BCUT2D eigenvalue weighted by molar-refractivity contribution is 6.30. The topological polar surface area (TPSA) is 67.3 Å². The Balaban J connectivity index is 1.50. The van der Waals surface area contributed by atoms with Gasteiger partial charge in [0.05, 0.1) is 11.5 Å². The standard InChI is InChI=1S/C32H36ClN3O3/c1-21-18-25(33)7-6-22(21)11-13-36-29(38)10-12-32(31(39)35-16-14-34(2)15-17-35)24-5-3-4-23(19-24)27-9-8-26(37)20-28(27)30(32)36/h3-9,18-20,30-31,37,39H,10-17H2,1-2H3. The van der Waals surface area contributed by atoms with Gasteiger partial charge in [0, 0.05) is 44.2 Å². The molecule has 1 aliphatic carbocycles. The van der Waals surface area contributed by atoms with Gasteiger partial charge in [0.25, 0.3) is 0 Å². The highest BCUT2D eigenvalue weighted by atomic mass is 35.5. The molecule has 39 heavy (non-hydrogen) atoms. The first kappa shape index (κ1) is 26.3. The Morgan fingerprint density at radius 3 is 2.62 bits per heavy atom. The summed E-state index contributed by atoms with van der Waals surface area (Å²) in [6.07, 6.45) is 0.795. The van der Waals surface area contributed by atoms with Gasteiger partial charge in [0.15, 0.2) is 0 Å². The molecule has 3 aromatic carbocycles. The van der Waals surface area contributed by atoms with E-state index in [1.807, 2.05) is 36.1 Å². The van der Waals surface area contributed by atoms with Crippen LogP contribution in [-0.4, -0.2) is 76.8 Å². The van der Waals surface area contributed by atoms with E-state index < -0.39 is 17.7 Å². The number of carbonyl (C=O) groups is 1. The molecule has 7 heteroatoms. The van der Waals surface area contributed by atoms with Crippen molar-refractivity contribution in [3.8, 4) is 16.9 Å². The molecular weight excluding hydrogens is 510 g/mol. The molecule has 2 fully saturated rings. The summed E-state index contributed by atoms with van der Waals surface area (Å²) in [5, 5.41) is 23.8. The van der Waals surface area contributed by atoms with Crippen molar-refractivity contribution in [3.63, 3.8) is 0 Å². The summed E-state index contributed by atoms with van der Waals surface area (Å²) in [5.74, 6) is 0.246. The number of piperazine rings is 1. The number of aliphatic hydroxyl groups excluding tert-OH is 1. The van der Waals surface area contributed by atoms with Crippen LogP contribution in [0.2, 0.25) is 5.02 Å². The second kappa shape index (κ2) is 10.3. The number of aromatic hydroxyl groups is 1. The zero-order valence-corrected chi connectivity index (χ0v) is 23.4. The maximum atomic E-state index is 13.8. The van der Waals surface area contributed by atoms with Gasteiger partial charge in [-0.3, -0.25) is 9.69 Å². The van der Waals surface area contributed by atoms with Gasteiger partial charge < -0.3 is 20.0 Å². The van der Waals surface area contributed by atoms with Gasteiger partial charge in [-0.15, -0.1) is 0 Å². The Bertz CT molecular complexity index is 1400. The molecule has 2 N–H and O–H groups in total. The van der Waals surface area contributed by atoms with Crippen LogP contribution in [0.25, 0.3) is 11.1 Å². The number of hydrogen-bond donors (Lipinski definition) is 2. The number of likely N-dealkylation sites (tertiary alicyclic amines) is 1. The van der Waals surface area contributed by atoms with Gasteiger partial charge in [-0.1, -0.05) is 48.0 Å². The molecule has 2 saturated heterocycles. The smallest absolute Gasteiger partial charge is 0.223 e. The van der Waals surface area contributed by atoms with Crippen LogP contribution in [0.3, 0.4) is 0 Å². The quantitative estimate of drug-likeness (QED) is 0.484. The Labute approximate surface area is 235 Å². The number of aliphatic hydroxyl groups is 1. The minimum absolute atomic E-state index is 0.0807. The summed E-state index contributed by atoms with van der Waals surface area (Å²) in [5.41, 5.74) is 5.48. The second-order valence-electron chi connectivity index (χ2n) is 11.4. The predicted molar refractivity (Wildman–Crippen MR) is 154 cm³/mol. The van der Waals surface area contributed by atoms with Crippen molar-refractivity contribution < 1.29 is 15.0 Å². The third-order valence-corrected chi connectivity index (χ3v) is 9.42. The molecule has 3 unspecified atom stereocenters. The number of hydrogen-bond acceptors (Lipinski definition) is 5. The van der Waals surface area contributed by atoms with E-state index in [1.165, 1.54) is 0 Å². The predicted octanol–water partition coefficient (Wildman–Crippen LogP) is 4.74. The number of nitrogens with zero attached hydrogens (tertiary/aromatic N) is 3. The SMILES string of the molecule is Cc1cc(Cl)ccc1CCN1C(=O)CCC2(C(O)N3CCN(C)CC3)c3cccc(c3)-c3ccc(O)cc3C12. The van der Waals surface area contributed by atoms with Crippen LogP contribution in [0.5, 0.6) is 5.75 Å². The third-order valence-electron chi connectivity index (χ3n) is 9.18. The van der Waals surface area contributed by atoms with Crippen LogP contribution < -0.4 is 0 Å². The van der Waals surface area contributed by atoms with E-state index in [1.54, 1.807) is 12.1 Å². The van der Waals surface area contributed by atoms with E-state index in [0.29, 0.717) is 30.8 Å². The lowest BCUT2D eigenvalue weighted by atomic mass is 9.64. The number of phenolic OH excluding ortho intramolecular Hbond substituents is 1. The molecule has 3 aliphatic rings. The van der Waals surface area contributed by atoms with Crippen LogP contribution in [-0.2, 0) is 16.6 Å². The normalized spacial score (nSPS) is 24.2. The fourth-order valence-corrected chi connectivity index (χ4v) is 7.25. The number of likely N-dealkylation sites (N-methyl/N-ethyl adjacent to an activating group) is 1. The maximum absolute atomic E-state index is 13.8. The van der Waals surface area contributed by atoms with E-state index in [9.17, 15) is 15.0 Å². The second-order valence-corrected chi connectivity index (χ2v) is 11.9. The molecule has 3 atom stereocenters. The molecule has 3 aromatic rings. The minimum Gasteiger partial charge on any atom is -0.508 e. The number of benzene rings is 3. The van der Waals surface area contributed by atoms with Crippen LogP contribution in [0.1, 0.15) is 41.1 Å². The van der Waals surface area contributed by atoms with Crippen molar-refractivity contribution in [1.29, 1.82) is 0 Å². The van der Waals surface area contributed by atoms with Gasteiger partial charge in [-0.25, -0.2) is 0 Å². The molecule has 2 heterocycles. The molecule has 2 bridgehead atoms. The first-order valence-electron chi connectivity index (χ1n) is 13.9. The molecule has 0 aromatic heterocycles. The maximum Gasteiger partial charge on any atom is 0.223 e. The highest BCUT2D eigenvalue weighted by Gasteiger charge is 2.56. The number of fused-ring (bicyclic) bond motifs is 7. The highest BCUT2D eigenvalue weighted by Crippen LogP contribution is 2.55. The number of rotatable bonds is 5. The fourth-order valence-electron chi connectivity index (χ4n) is 7.03. The van der Waals surface area contributed by atoms with Crippen LogP contribution in [0.4, 0.5) is 0 Å². The summed E-state index contributed by atoms with van der Waals surface area (Å²) in [6, 6.07) is 19.4. The van der Waals surface area contributed by atoms with Crippen molar-refractivity contribution in [1.82, 2.24) is 14.7 Å². The lowest BCUT2D eigenvalue weighted by Gasteiger charge is -2.55. The first-order chi connectivity index (χ1) is 18.8. The monoisotopic (exact) mass is 545 g/mol. The summed E-state index contributed by atoms with van der Waals surface area (Å²) in [6.45, 7) is 5.84. The van der Waals surface area contributed by atoms with E-state index in [4.69, 9.17) is 11.6 Å². The van der Waals surface area contributed by atoms with Crippen LogP contribution in [0, 0.1) is 6.92 Å². The van der Waals surface area contributed by atoms with Gasteiger partial charge in [0.1, 0.15) is 12.0 Å². The lowest BCUT2D eigenvalue weighted by molar-refractivity contribution is -0.154. The Morgan fingerprint density at radius 2 is 1.85 bits per heavy atom. The average molecular weight is 546 g/mol. The Hall–Kier alpha value is -2.90. The van der Waals surface area contributed by atoms with Crippen LogP contribution >= 0.6 is 11.6 Å². The van der Waals surface area contributed by atoms with Crippen molar-refractivity contribution in [2.24, 2.45) is 0 Å². The Kier molecular flexibility index (Phi) is 6.92. The van der Waals surface area contributed by atoms with Crippen molar-refractivity contribution >= 4 is 17.5 Å². The number of piperidine rings is 1. The minimum atomic E-state index is -0.785. The lowest BCUT2D eigenvalue weighted by Crippen LogP contribution is -2.63. The molecule has 6 rings (SSSR count). The van der Waals surface area contributed by atoms with E-state index in [-0.39, 0.29) is 11.7 Å². The first-order valence-corrected chi connectivity index (χ1v) is 14.2. The summed E-state index contributed by atoms with van der Waals surface area (Å²) in [4.78, 5) is 20.2. The van der Waals surface area contributed by atoms with E-state index in [2.05, 4.69) is 41.1 Å². The molecule has 0 radical (unpaired) electrons. The molecule has 2 aliphatic heterocycles. The van der Waals surface area contributed by atoms with Gasteiger partial charge in [0.2, 0.25) is 5.91 Å². The van der Waals surface area contributed by atoms with E-state index >= 15 is 0 Å². The summed E-state index contributed by atoms with van der Waals surface area (Å²) >= 11 is 6.22. The van der Waals surface area contributed by atoms with Crippen molar-refractivity contribution in [2.75, 3.05) is 39.8 Å². The third kappa shape index (κ3) is 4.53. The number of phenols is 1. The largest absolute Gasteiger partial charge is 0.508 e. The zero-order chi connectivity index (χ0) is 27.3. The van der Waals surface area contributed by atoms with Gasteiger partial charge >= 0.3 is 0 Å². The summed E-state index contributed by atoms with van der Waals surface area (Å²) in [7, 11) is 2.11. The van der Waals surface area contributed by atoms with Crippen molar-refractivity contribution in [2.45, 2.75) is 43.9 Å². The summed E-state index contributed by atoms with van der Waals surface area (Å²) < 4.78 is 0. The van der Waals surface area contributed by atoms with Crippen LogP contribution in [0.15, 0.2) is 60.7 Å². The number of halogens is 1. The molecule has 1 amide bonds. The number of carbonyl (C=O) groups excluding carboxylic acids is 1. The fraction of sp³-hybridized carbons (Fsp3) is 0.406. The number of amides is 1. The molecule has 0 saturated carbocycles. The molecular formula is C32H36ClN3O3. The average Bonchev–Trinajstić information content (AvgIpc) is 3.00. The van der Waals surface area contributed by atoms with Crippen molar-refractivity contribution in [3.05, 3.63) is 87.9 Å². The molecule has 204 valence electrons. The van der Waals surface area contributed by atoms with Gasteiger partial charge in [-0.05, 0) is 84.5 Å². The number of aryl methyl sites for hydroxylation is 1. The Morgan fingerprint density at radius 1 is 1.05 bits per heavy atom. The molecule has 0 spiro atoms. The molecule has 6 nitrogen and oxygen atoms in total. The van der Waals surface area contributed by atoms with Gasteiger partial charge in [-0.2, -0.15) is 0 Å². The zero-order valence-electron chi connectivity index (χ0n) is 22.6.